The lowest BCUT2D eigenvalue weighted by Crippen LogP contribution is -2.31. The Morgan fingerprint density at radius 2 is 1.79 bits per heavy atom. The highest BCUT2D eigenvalue weighted by Gasteiger charge is 2.36. The second kappa shape index (κ2) is 8.29. The Kier molecular flexibility index (Phi) is 6.25. The average Bonchev–Trinajstić information content (AvgIpc) is 2.62. The molecule has 10 heteroatoms. The predicted octanol–water partition coefficient (Wildman–Crippen LogP) is 4.41. The lowest BCUT2D eigenvalue weighted by atomic mass is 10.1. The number of hydrogen-bond acceptors (Lipinski definition) is 5. The molecule has 154 valence electrons. The molecule has 0 saturated heterocycles. The molecule has 0 aliphatic rings. The summed E-state index contributed by atoms with van der Waals surface area (Å²) in [5, 5.41) is 12.7. The van der Waals surface area contributed by atoms with Gasteiger partial charge in [-0.25, -0.2) is 4.79 Å². The van der Waals surface area contributed by atoms with Crippen LogP contribution in [0.2, 0.25) is 0 Å². The van der Waals surface area contributed by atoms with Crippen molar-refractivity contribution in [2.75, 3.05) is 5.32 Å². The SMILES string of the molecule is Cc1ccc(C)c(C(=O)O[C@@H](C)C(=O)Nc2ccc([N+](=O)[O-])cc2C(F)(F)F)c1. The van der Waals surface area contributed by atoms with E-state index >= 15 is 0 Å². The van der Waals surface area contributed by atoms with Crippen LogP contribution in [0.25, 0.3) is 0 Å². The Labute approximate surface area is 163 Å². The van der Waals surface area contributed by atoms with E-state index in [1.807, 2.05) is 5.32 Å². The van der Waals surface area contributed by atoms with Gasteiger partial charge in [0.05, 0.1) is 21.7 Å². The number of nitrogens with one attached hydrogen (secondary N) is 1. The van der Waals surface area contributed by atoms with E-state index in [9.17, 15) is 32.9 Å². The van der Waals surface area contributed by atoms with Crippen molar-refractivity contribution in [3.05, 3.63) is 68.8 Å². The summed E-state index contributed by atoms with van der Waals surface area (Å²) in [6, 6.07) is 6.98. The van der Waals surface area contributed by atoms with Crippen LogP contribution in [0.15, 0.2) is 36.4 Å². The fraction of sp³-hybridized carbons (Fsp3) is 0.263. The van der Waals surface area contributed by atoms with Crippen LogP contribution < -0.4 is 5.32 Å². The second-order valence-corrected chi connectivity index (χ2v) is 6.34. The molecule has 0 unspecified atom stereocenters. The maximum atomic E-state index is 13.2. The number of rotatable bonds is 5. The quantitative estimate of drug-likeness (QED) is 0.447. The van der Waals surface area contributed by atoms with Gasteiger partial charge in [0.1, 0.15) is 0 Å². The molecule has 2 aromatic rings. The number of aryl methyl sites for hydroxylation is 2. The Morgan fingerprint density at radius 3 is 2.38 bits per heavy atom. The summed E-state index contributed by atoms with van der Waals surface area (Å²) in [6.45, 7) is 4.64. The number of anilines is 1. The molecule has 2 aromatic carbocycles. The zero-order valence-electron chi connectivity index (χ0n) is 15.7. The molecule has 7 nitrogen and oxygen atoms in total. The first-order valence-electron chi connectivity index (χ1n) is 8.35. The summed E-state index contributed by atoms with van der Waals surface area (Å²) in [5.74, 6) is -1.81. The van der Waals surface area contributed by atoms with Crippen molar-refractivity contribution in [2.24, 2.45) is 0 Å². The van der Waals surface area contributed by atoms with Gasteiger partial charge in [0.25, 0.3) is 11.6 Å². The van der Waals surface area contributed by atoms with Crippen LogP contribution in [0.5, 0.6) is 0 Å². The molecule has 0 spiro atoms. The van der Waals surface area contributed by atoms with Crippen LogP contribution in [0.3, 0.4) is 0 Å². The fourth-order valence-corrected chi connectivity index (χ4v) is 2.46. The number of nitrogens with zero attached hydrogens (tertiary/aromatic N) is 1. The smallest absolute Gasteiger partial charge is 0.418 e. The van der Waals surface area contributed by atoms with Gasteiger partial charge >= 0.3 is 12.1 Å². The van der Waals surface area contributed by atoms with Crippen molar-refractivity contribution in [2.45, 2.75) is 33.1 Å². The van der Waals surface area contributed by atoms with Crippen LogP contribution >= 0.6 is 0 Å². The lowest BCUT2D eigenvalue weighted by molar-refractivity contribution is -0.385. The first-order chi connectivity index (χ1) is 13.4. The van der Waals surface area contributed by atoms with E-state index in [1.54, 1.807) is 32.0 Å². The lowest BCUT2D eigenvalue weighted by Gasteiger charge is -2.17. The number of nitro groups is 1. The minimum absolute atomic E-state index is 0.232. The van der Waals surface area contributed by atoms with Crippen molar-refractivity contribution in [3.8, 4) is 0 Å². The zero-order valence-corrected chi connectivity index (χ0v) is 15.7. The van der Waals surface area contributed by atoms with Gasteiger partial charge in [-0.3, -0.25) is 14.9 Å². The van der Waals surface area contributed by atoms with Crippen LogP contribution in [0.1, 0.15) is 34.0 Å². The average molecular weight is 410 g/mol. The van der Waals surface area contributed by atoms with E-state index in [0.29, 0.717) is 11.6 Å². The molecule has 2 rings (SSSR count). The Hall–Kier alpha value is -3.43. The molecule has 0 heterocycles. The van der Waals surface area contributed by atoms with Crippen molar-refractivity contribution in [3.63, 3.8) is 0 Å². The Morgan fingerprint density at radius 1 is 1.14 bits per heavy atom. The highest BCUT2D eigenvalue weighted by molar-refractivity contribution is 5.98. The number of amides is 1. The summed E-state index contributed by atoms with van der Waals surface area (Å²) >= 11 is 0. The molecule has 0 aliphatic heterocycles. The number of alkyl halides is 3. The summed E-state index contributed by atoms with van der Waals surface area (Å²) in [6.07, 6.45) is -6.34. The Bertz CT molecular complexity index is 973. The number of benzene rings is 2. The van der Waals surface area contributed by atoms with Gasteiger partial charge in [0.2, 0.25) is 0 Å². The zero-order chi connectivity index (χ0) is 21.9. The number of nitro benzene ring substituents is 1. The molecular formula is C19H17F3N2O5. The monoisotopic (exact) mass is 410 g/mol. The fourth-order valence-electron chi connectivity index (χ4n) is 2.46. The number of carbonyl (C=O) groups excluding carboxylic acids is 2. The largest absolute Gasteiger partial charge is 0.449 e. The molecule has 0 aliphatic carbocycles. The molecule has 0 fully saturated rings. The topological polar surface area (TPSA) is 98.5 Å². The molecule has 0 saturated carbocycles. The van der Waals surface area contributed by atoms with Gasteiger partial charge < -0.3 is 10.1 Å². The number of ether oxygens (including phenoxy) is 1. The van der Waals surface area contributed by atoms with E-state index in [0.717, 1.165) is 17.7 Å². The molecule has 29 heavy (non-hydrogen) atoms. The van der Waals surface area contributed by atoms with Crippen molar-refractivity contribution >= 4 is 23.3 Å². The number of non-ortho nitro benzene ring substituents is 1. The number of halogens is 3. The van der Waals surface area contributed by atoms with Crippen molar-refractivity contribution in [1.82, 2.24) is 0 Å². The normalized spacial score (nSPS) is 12.2. The summed E-state index contributed by atoms with van der Waals surface area (Å²) in [5.41, 5.74) is -1.19. The first kappa shape index (κ1) is 21.9. The molecule has 0 bridgehead atoms. The minimum Gasteiger partial charge on any atom is -0.449 e. The van der Waals surface area contributed by atoms with E-state index in [4.69, 9.17) is 4.74 Å². The van der Waals surface area contributed by atoms with Gasteiger partial charge in [-0.05, 0) is 38.5 Å². The van der Waals surface area contributed by atoms with E-state index in [-0.39, 0.29) is 5.56 Å². The third-order valence-corrected chi connectivity index (χ3v) is 4.04. The number of esters is 1. The molecular weight excluding hydrogens is 393 g/mol. The van der Waals surface area contributed by atoms with Gasteiger partial charge in [-0.1, -0.05) is 17.7 Å². The van der Waals surface area contributed by atoms with E-state index in [1.165, 1.54) is 6.92 Å². The number of carbonyl (C=O) groups is 2. The Balaban J connectivity index is 2.20. The van der Waals surface area contributed by atoms with Crippen molar-refractivity contribution in [1.29, 1.82) is 0 Å². The van der Waals surface area contributed by atoms with Gasteiger partial charge in [0, 0.05) is 12.1 Å². The molecule has 1 N–H and O–H groups in total. The van der Waals surface area contributed by atoms with Gasteiger partial charge in [-0.2, -0.15) is 13.2 Å². The summed E-state index contributed by atoms with van der Waals surface area (Å²) < 4.78 is 44.6. The van der Waals surface area contributed by atoms with Crippen molar-refractivity contribution < 1.29 is 32.4 Å². The van der Waals surface area contributed by atoms with Gasteiger partial charge in [-0.15, -0.1) is 0 Å². The maximum Gasteiger partial charge on any atom is 0.418 e. The summed E-state index contributed by atoms with van der Waals surface area (Å²) in [7, 11) is 0. The van der Waals surface area contributed by atoms with Gasteiger partial charge in [0.15, 0.2) is 6.10 Å². The van der Waals surface area contributed by atoms with E-state index in [2.05, 4.69) is 0 Å². The minimum atomic E-state index is -4.94. The highest BCUT2D eigenvalue weighted by atomic mass is 19.4. The summed E-state index contributed by atoms with van der Waals surface area (Å²) in [4.78, 5) is 34.3. The predicted molar refractivity (Wildman–Crippen MR) is 97.5 cm³/mol. The highest BCUT2D eigenvalue weighted by Crippen LogP contribution is 2.37. The second-order valence-electron chi connectivity index (χ2n) is 6.34. The molecule has 1 atom stereocenters. The molecule has 0 radical (unpaired) electrons. The molecule has 1 amide bonds. The third-order valence-electron chi connectivity index (χ3n) is 4.04. The van der Waals surface area contributed by atoms with Crippen LogP contribution in [-0.4, -0.2) is 22.9 Å². The maximum absolute atomic E-state index is 13.2. The first-order valence-corrected chi connectivity index (χ1v) is 8.35. The molecule has 0 aromatic heterocycles. The number of hydrogen-bond donors (Lipinski definition) is 1. The standard InChI is InChI=1S/C19H17F3N2O5/c1-10-4-5-11(2)14(8-10)18(26)29-12(3)17(25)23-16-7-6-13(24(27)28)9-15(16)19(20,21)22/h4-9,12H,1-3H3,(H,23,25)/t12-/m0/s1. The third kappa shape index (κ3) is 5.31. The van der Waals surface area contributed by atoms with Crippen LogP contribution in [-0.2, 0) is 15.7 Å². The van der Waals surface area contributed by atoms with Crippen LogP contribution in [0.4, 0.5) is 24.5 Å². The van der Waals surface area contributed by atoms with E-state index < -0.39 is 46.0 Å². The van der Waals surface area contributed by atoms with Crippen LogP contribution in [0, 0.1) is 24.0 Å².